The van der Waals surface area contributed by atoms with E-state index in [9.17, 15) is 4.79 Å². The first kappa shape index (κ1) is 12.5. The van der Waals surface area contributed by atoms with Crippen LogP contribution in [0.4, 0.5) is 0 Å². The standard InChI is InChI=1S/C11H22N2O2/c1-4-8(2)10(12)11(14)13-5-6-15-9(3)7-13/h8-10H,4-7,12H2,1-3H3/t8-,9?,10-/m0/s1. The van der Waals surface area contributed by atoms with Crippen LogP contribution in [0.2, 0.25) is 0 Å². The molecule has 0 aromatic carbocycles. The Morgan fingerprint density at radius 1 is 1.67 bits per heavy atom. The Bertz CT molecular complexity index is 221. The molecule has 0 saturated carbocycles. The lowest BCUT2D eigenvalue weighted by Crippen LogP contribution is -2.52. The van der Waals surface area contributed by atoms with Crippen molar-refractivity contribution >= 4 is 5.91 Å². The van der Waals surface area contributed by atoms with Gasteiger partial charge in [-0.15, -0.1) is 0 Å². The summed E-state index contributed by atoms with van der Waals surface area (Å²) in [6, 6.07) is -0.361. The fourth-order valence-corrected chi connectivity index (χ4v) is 1.73. The van der Waals surface area contributed by atoms with Crippen LogP contribution in [0.15, 0.2) is 0 Å². The van der Waals surface area contributed by atoms with Crippen molar-refractivity contribution in [2.75, 3.05) is 19.7 Å². The third-order valence-electron chi connectivity index (χ3n) is 3.09. The van der Waals surface area contributed by atoms with Crippen LogP contribution >= 0.6 is 0 Å². The fourth-order valence-electron chi connectivity index (χ4n) is 1.73. The molecule has 1 aliphatic heterocycles. The van der Waals surface area contributed by atoms with E-state index in [1.807, 2.05) is 18.7 Å². The molecule has 0 aromatic heterocycles. The van der Waals surface area contributed by atoms with Crippen molar-refractivity contribution in [3.63, 3.8) is 0 Å². The molecule has 1 aliphatic rings. The number of rotatable bonds is 3. The van der Waals surface area contributed by atoms with Gasteiger partial charge in [0, 0.05) is 13.1 Å². The Balaban J connectivity index is 2.51. The number of carbonyl (C=O) groups is 1. The summed E-state index contributed by atoms with van der Waals surface area (Å²) >= 11 is 0. The van der Waals surface area contributed by atoms with E-state index in [2.05, 4.69) is 6.92 Å². The lowest BCUT2D eigenvalue weighted by Gasteiger charge is -2.34. The topological polar surface area (TPSA) is 55.6 Å². The van der Waals surface area contributed by atoms with Gasteiger partial charge in [-0.25, -0.2) is 0 Å². The molecule has 4 heteroatoms. The molecule has 2 N–H and O–H groups in total. The highest BCUT2D eigenvalue weighted by atomic mass is 16.5. The number of carbonyl (C=O) groups excluding carboxylic acids is 1. The molecular weight excluding hydrogens is 192 g/mol. The Hall–Kier alpha value is -0.610. The van der Waals surface area contributed by atoms with Crippen molar-refractivity contribution in [3.05, 3.63) is 0 Å². The van der Waals surface area contributed by atoms with Gasteiger partial charge in [0.15, 0.2) is 0 Å². The summed E-state index contributed by atoms with van der Waals surface area (Å²) < 4.78 is 5.39. The van der Waals surface area contributed by atoms with E-state index in [4.69, 9.17) is 10.5 Å². The number of hydrogen-bond acceptors (Lipinski definition) is 3. The van der Waals surface area contributed by atoms with E-state index in [0.717, 1.165) is 6.42 Å². The third kappa shape index (κ3) is 3.18. The zero-order valence-electron chi connectivity index (χ0n) is 9.90. The maximum absolute atomic E-state index is 12.0. The molecule has 1 fully saturated rings. The van der Waals surface area contributed by atoms with Crippen molar-refractivity contribution in [2.45, 2.75) is 39.3 Å². The molecule has 3 atom stereocenters. The van der Waals surface area contributed by atoms with Crippen LogP contribution in [0.25, 0.3) is 0 Å². The van der Waals surface area contributed by atoms with Gasteiger partial charge in [0.05, 0.1) is 18.8 Å². The summed E-state index contributed by atoms with van der Waals surface area (Å²) in [6.07, 6.45) is 1.07. The van der Waals surface area contributed by atoms with Crippen LogP contribution in [-0.2, 0) is 9.53 Å². The van der Waals surface area contributed by atoms with E-state index < -0.39 is 0 Å². The number of nitrogens with two attached hydrogens (primary N) is 1. The van der Waals surface area contributed by atoms with E-state index in [0.29, 0.717) is 19.7 Å². The fraction of sp³-hybridized carbons (Fsp3) is 0.909. The second-order valence-corrected chi connectivity index (χ2v) is 4.38. The molecule has 0 aromatic rings. The number of morpholine rings is 1. The monoisotopic (exact) mass is 214 g/mol. The summed E-state index contributed by atoms with van der Waals surface area (Å²) in [5, 5.41) is 0. The molecule has 4 nitrogen and oxygen atoms in total. The summed E-state index contributed by atoms with van der Waals surface area (Å²) in [5.41, 5.74) is 5.92. The van der Waals surface area contributed by atoms with Crippen LogP contribution in [0, 0.1) is 5.92 Å². The second-order valence-electron chi connectivity index (χ2n) is 4.38. The predicted molar refractivity (Wildman–Crippen MR) is 59.4 cm³/mol. The summed E-state index contributed by atoms with van der Waals surface area (Å²) in [7, 11) is 0. The first-order valence-electron chi connectivity index (χ1n) is 5.72. The molecule has 1 heterocycles. The van der Waals surface area contributed by atoms with Crippen molar-refractivity contribution < 1.29 is 9.53 Å². The zero-order chi connectivity index (χ0) is 11.4. The largest absolute Gasteiger partial charge is 0.375 e. The van der Waals surface area contributed by atoms with Crippen LogP contribution in [0.3, 0.4) is 0 Å². The van der Waals surface area contributed by atoms with Gasteiger partial charge >= 0.3 is 0 Å². The Morgan fingerprint density at radius 2 is 2.33 bits per heavy atom. The number of ether oxygens (including phenoxy) is 1. The molecule has 0 bridgehead atoms. The van der Waals surface area contributed by atoms with Gasteiger partial charge in [-0.05, 0) is 12.8 Å². The maximum atomic E-state index is 12.0. The first-order valence-corrected chi connectivity index (χ1v) is 5.72. The minimum absolute atomic E-state index is 0.0690. The first-order chi connectivity index (χ1) is 7.06. The van der Waals surface area contributed by atoms with Gasteiger partial charge < -0.3 is 15.4 Å². The maximum Gasteiger partial charge on any atom is 0.239 e. The third-order valence-corrected chi connectivity index (χ3v) is 3.09. The molecule has 0 spiro atoms. The molecule has 1 rings (SSSR count). The molecule has 1 saturated heterocycles. The molecule has 1 amide bonds. The molecule has 1 unspecified atom stereocenters. The van der Waals surface area contributed by atoms with E-state index >= 15 is 0 Å². The molecule has 88 valence electrons. The van der Waals surface area contributed by atoms with E-state index in [1.54, 1.807) is 0 Å². The quantitative estimate of drug-likeness (QED) is 0.749. The highest BCUT2D eigenvalue weighted by molar-refractivity contribution is 5.82. The Kier molecular flexibility index (Phi) is 4.54. The summed E-state index contributed by atoms with van der Waals surface area (Å²) in [6.45, 7) is 8.02. The SMILES string of the molecule is CC[C@H](C)[C@H](N)C(=O)N1CCOC(C)C1. The Labute approximate surface area is 91.8 Å². The number of amides is 1. The Morgan fingerprint density at radius 3 is 2.87 bits per heavy atom. The van der Waals surface area contributed by atoms with Crippen molar-refractivity contribution in [1.29, 1.82) is 0 Å². The minimum atomic E-state index is -0.361. The average molecular weight is 214 g/mol. The van der Waals surface area contributed by atoms with E-state index in [1.165, 1.54) is 0 Å². The van der Waals surface area contributed by atoms with Gasteiger partial charge in [0.1, 0.15) is 0 Å². The number of nitrogens with zero attached hydrogens (tertiary/aromatic N) is 1. The van der Waals surface area contributed by atoms with E-state index in [-0.39, 0.29) is 24.0 Å². The highest BCUT2D eigenvalue weighted by Gasteiger charge is 2.27. The van der Waals surface area contributed by atoms with Crippen molar-refractivity contribution in [2.24, 2.45) is 11.7 Å². The van der Waals surface area contributed by atoms with Crippen LogP contribution < -0.4 is 5.73 Å². The lowest BCUT2D eigenvalue weighted by atomic mass is 9.98. The van der Waals surface area contributed by atoms with Gasteiger partial charge in [0.25, 0.3) is 0 Å². The number of hydrogen-bond donors (Lipinski definition) is 1. The van der Waals surface area contributed by atoms with Gasteiger partial charge in [-0.3, -0.25) is 4.79 Å². The van der Waals surface area contributed by atoms with Gasteiger partial charge in [-0.2, -0.15) is 0 Å². The molecule has 0 aliphatic carbocycles. The summed E-state index contributed by atoms with van der Waals surface area (Å²) in [5.74, 6) is 0.315. The van der Waals surface area contributed by atoms with Crippen LogP contribution in [0.1, 0.15) is 27.2 Å². The molecular formula is C11H22N2O2. The summed E-state index contributed by atoms with van der Waals surface area (Å²) in [4.78, 5) is 13.8. The average Bonchev–Trinajstić information content (AvgIpc) is 2.26. The molecule has 15 heavy (non-hydrogen) atoms. The van der Waals surface area contributed by atoms with Crippen molar-refractivity contribution in [1.82, 2.24) is 4.90 Å². The van der Waals surface area contributed by atoms with Gasteiger partial charge in [-0.1, -0.05) is 20.3 Å². The minimum Gasteiger partial charge on any atom is -0.375 e. The lowest BCUT2D eigenvalue weighted by molar-refractivity contribution is -0.140. The second kappa shape index (κ2) is 5.47. The smallest absolute Gasteiger partial charge is 0.239 e. The predicted octanol–water partition coefficient (Wildman–Crippen LogP) is 0.607. The zero-order valence-corrected chi connectivity index (χ0v) is 9.90. The van der Waals surface area contributed by atoms with Gasteiger partial charge in [0.2, 0.25) is 5.91 Å². The normalized spacial score (nSPS) is 26.1. The van der Waals surface area contributed by atoms with Crippen LogP contribution in [0.5, 0.6) is 0 Å². The van der Waals surface area contributed by atoms with Crippen LogP contribution in [-0.4, -0.2) is 42.6 Å². The molecule has 0 radical (unpaired) electrons. The van der Waals surface area contributed by atoms with Crippen molar-refractivity contribution in [3.8, 4) is 0 Å². The highest BCUT2D eigenvalue weighted by Crippen LogP contribution is 2.11.